The molecule has 0 aliphatic carbocycles. The predicted octanol–water partition coefficient (Wildman–Crippen LogP) is 3.29. The Bertz CT molecular complexity index is 709. The van der Waals surface area contributed by atoms with E-state index >= 15 is 0 Å². The first-order valence-corrected chi connectivity index (χ1v) is 8.34. The van der Waals surface area contributed by atoms with Gasteiger partial charge >= 0.3 is 0 Å². The molecule has 2 aromatic rings. The van der Waals surface area contributed by atoms with E-state index in [0.29, 0.717) is 24.7 Å². The standard InChI is InChI=1S/C19H23N3O2/c1-14(2)15-5-3-6-16(13-15)21-19(23)17-7-4-8-20-18(17)22-9-11-24-12-10-22/h3-8,13-14H,9-12H2,1-2H3,(H,21,23). The molecule has 1 aliphatic heterocycles. The van der Waals surface area contributed by atoms with E-state index in [1.807, 2.05) is 24.3 Å². The van der Waals surface area contributed by atoms with Gasteiger partial charge in [0.05, 0.1) is 18.8 Å². The number of amides is 1. The molecule has 0 saturated carbocycles. The van der Waals surface area contributed by atoms with Crippen molar-refractivity contribution >= 4 is 17.4 Å². The topological polar surface area (TPSA) is 54.5 Å². The van der Waals surface area contributed by atoms with Gasteiger partial charge in [-0.15, -0.1) is 0 Å². The normalized spacial score (nSPS) is 14.7. The zero-order valence-electron chi connectivity index (χ0n) is 14.2. The highest BCUT2D eigenvalue weighted by atomic mass is 16.5. The number of carbonyl (C=O) groups is 1. The van der Waals surface area contributed by atoms with Crippen LogP contribution >= 0.6 is 0 Å². The summed E-state index contributed by atoms with van der Waals surface area (Å²) in [5.41, 5.74) is 2.60. The van der Waals surface area contributed by atoms with Crippen LogP contribution in [0.1, 0.15) is 35.7 Å². The zero-order chi connectivity index (χ0) is 16.9. The molecule has 1 fully saturated rings. The highest BCUT2D eigenvalue weighted by molar-refractivity contribution is 6.07. The molecule has 1 N–H and O–H groups in total. The molecule has 0 atom stereocenters. The third kappa shape index (κ3) is 3.74. The van der Waals surface area contributed by atoms with Gasteiger partial charge < -0.3 is 15.0 Å². The van der Waals surface area contributed by atoms with E-state index in [-0.39, 0.29) is 5.91 Å². The van der Waals surface area contributed by atoms with Crippen LogP contribution in [0.15, 0.2) is 42.6 Å². The Hall–Kier alpha value is -2.40. The van der Waals surface area contributed by atoms with E-state index in [0.717, 1.165) is 24.6 Å². The predicted molar refractivity (Wildman–Crippen MR) is 95.8 cm³/mol. The number of pyridine rings is 1. The van der Waals surface area contributed by atoms with Crippen LogP contribution in [0.25, 0.3) is 0 Å². The molecule has 1 aliphatic rings. The van der Waals surface area contributed by atoms with E-state index in [1.54, 1.807) is 12.3 Å². The highest BCUT2D eigenvalue weighted by Crippen LogP contribution is 2.22. The molecule has 0 spiro atoms. The van der Waals surface area contributed by atoms with E-state index in [1.165, 1.54) is 5.56 Å². The summed E-state index contributed by atoms with van der Waals surface area (Å²) in [4.78, 5) is 19.3. The minimum atomic E-state index is -0.134. The second-order valence-electron chi connectivity index (χ2n) is 6.21. The summed E-state index contributed by atoms with van der Waals surface area (Å²) >= 11 is 0. The second-order valence-corrected chi connectivity index (χ2v) is 6.21. The Labute approximate surface area is 142 Å². The molecule has 1 amide bonds. The molecule has 3 rings (SSSR count). The molecular weight excluding hydrogens is 302 g/mol. The Balaban J connectivity index is 1.81. The van der Waals surface area contributed by atoms with Crippen LogP contribution in [0.2, 0.25) is 0 Å². The molecule has 5 heteroatoms. The van der Waals surface area contributed by atoms with Crippen molar-refractivity contribution in [2.45, 2.75) is 19.8 Å². The third-order valence-corrected chi connectivity index (χ3v) is 4.15. The number of hydrogen-bond donors (Lipinski definition) is 1. The SMILES string of the molecule is CC(C)c1cccc(NC(=O)c2cccnc2N2CCOCC2)c1. The molecular formula is C19H23N3O2. The number of hydrogen-bond acceptors (Lipinski definition) is 4. The molecule has 0 bridgehead atoms. The number of carbonyl (C=O) groups excluding carboxylic acids is 1. The fourth-order valence-electron chi connectivity index (χ4n) is 2.78. The van der Waals surface area contributed by atoms with Gasteiger partial charge in [-0.25, -0.2) is 4.98 Å². The zero-order valence-corrected chi connectivity index (χ0v) is 14.2. The van der Waals surface area contributed by atoms with Crippen molar-refractivity contribution in [3.63, 3.8) is 0 Å². The van der Waals surface area contributed by atoms with Crippen molar-refractivity contribution in [1.82, 2.24) is 4.98 Å². The van der Waals surface area contributed by atoms with Gasteiger partial charge in [-0.2, -0.15) is 0 Å². The third-order valence-electron chi connectivity index (χ3n) is 4.15. The lowest BCUT2D eigenvalue weighted by Gasteiger charge is -2.29. The lowest BCUT2D eigenvalue weighted by molar-refractivity contribution is 0.102. The van der Waals surface area contributed by atoms with Crippen molar-refractivity contribution in [3.8, 4) is 0 Å². The molecule has 24 heavy (non-hydrogen) atoms. The van der Waals surface area contributed by atoms with Crippen molar-refractivity contribution in [2.24, 2.45) is 0 Å². The first-order chi connectivity index (χ1) is 11.6. The Kier molecular flexibility index (Phi) is 5.11. The number of ether oxygens (including phenoxy) is 1. The second kappa shape index (κ2) is 7.45. The number of rotatable bonds is 4. The first kappa shape index (κ1) is 16.5. The maximum absolute atomic E-state index is 12.7. The van der Waals surface area contributed by atoms with Crippen LogP contribution in [0.4, 0.5) is 11.5 Å². The van der Waals surface area contributed by atoms with Crippen molar-refractivity contribution in [2.75, 3.05) is 36.5 Å². The van der Waals surface area contributed by atoms with Crippen LogP contribution in [0.5, 0.6) is 0 Å². The fraction of sp³-hybridized carbons (Fsp3) is 0.368. The molecule has 5 nitrogen and oxygen atoms in total. The van der Waals surface area contributed by atoms with Crippen molar-refractivity contribution in [3.05, 3.63) is 53.7 Å². The number of aromatic nitrogens is 1. The molecule has 2 heterocycles. The Morgan fingerprint density at radius 2 is 2.00 bits per heavy atom. The lowest BCUT2D eigenvalue weighted by atomic mass is 10.0. The van der Waals surface area contributed by atoms with Gasteiger partial charge in [0.1, 0.15) is 5.82 Å². The number of anilines is 2. The average molecular weight is 325 g/mol. The van der Waals surface area contributed by atoms with Gasteiger partial charge in [0.25, 0.3) is 5.91 Å². The number of morpholine rings is 1. The van der Waals surface area contributed by atoms with E-state index in [9.17, 15) is 4.79 Å². The highest BCUT2D eigenvalue weighted by Gasteiger charge is 2.20. The number of nitrogens with one attached hydrogen (secondary N) is 1. The van der Waals surface area contributed by atoms with Crippen LogP contribution in [-0.4, -0.2) is 37.2 Å². The van der Waals surface area contributed by atoms with Crippen LogP contribution in [0.3, 0.4) is 0 Å². The summed E-state index contributed by atoms with van der Waals surface area (Å²) in [6.07, 6.45) is 1.72. The van der Waals surface area contributed by atoms with Gasteiger partial charge in [0.15, 0.2) is 0 Å². The Morgan fingerprint density at radius 3 is 2.75 bits per heavy atom. The van der Waals surface area contributed by atoms with Gasteiger partial charge in [0, 0.05) is 25.0 Å². The van der Waals surface area contributed by atoms with Gasteiger partial charge in [-0.3, -0.25) is 4.79 Å². The van der Waals surface area contributed by atoms with Gasteiger partial charge in [-0.1, -0.05) is 26.0 Å². The minimum Gasteiger partial charge on any atom is -0.378 e. The smallest absolute Gasteiger partial charge is 0.259 e. The summed E-state index contributed by atoms with van der Waals surface area (Å²) in [6, 6.07) is 11.6. The summed E-state index contributed by atoms with van der Waals surface area (Å²) in [7, 11) is 0. The molecule has 1 aromatic carbocycles. The quantitative estimate of drug-likeness (QED) is 0.937. The number of nitrogens with zero attached hydrogens (tertiary/aromatic N) is 2. The van der Waals surface area contributed by atoms with Gasteiger partial charge in [0.2, 0.25) is 0 Å². The lowest BCUT2D eigenvalue weighted by Crippen LogP contribution is -2.38. The van der Waals surface area contributed by atoms with Gasteiger partial charge in [-0.05, 0) is 35.7 Å². The molecule has 0 unspecified atom stereocenters. The van der Waals surface area contributed by atoms with Crippen LogP contribution in [-0.2, 0) is 4.74 Å². The summed E-state index contributed by atoms with van der Waals surface area (Å²) in [6.45, 7) is 7.10. The monoisotopic (exact) mass is 325 g/mol. The molecule has 1 aromatic heterocycles. The van der Waals surface area contributed by atoms with Crippen LogP contribution in [0, 0.1) is 0 Å². The molecule has 1 saturated heterocycles. The maximum Gasteiger partial charge on any atom is 0.259 e. The van der Waals surface area contributed by atoms with Crippen LogP contribution < -0.4 is 10.2 Å². The summed E-state index contributed by atoms with van der Waals surface area (Å²) < 4.78 is 5.38. The van der Waals surface area contributed by atoms with E-state index in [4.69, 9.17) is 4.74 Å². The summed E-state index contributed by atoms with van der Waals surface area (Å²) in [5, 5.41) is 3.00. The molecule has 126 valence electrons. The average Bonchev–Trinajstić information content (AvgIpc) is 2.62. The Morgan fingerprint density at radius 1 is 1.21 bits per heavy atom. The van der Waals surface area contributed by atoms with Crippen molar-refractivity contribution in [1.29, 1.82) is 0 Å². The number of benzene rings is 1. The summed E-state index contributed by atoms with van der Waals surface area (Å²) in [5.74, 6) is 1.01. The maximum atomic E-state index is 12.7. The largest absolute Gasteiger partial charge is 0.378 e. The van der Waals surface area contributed by atoms with Crippen molar-refractivity contribution < 1.29 is 9.53 Å². The first-order valence-electron chi connectivity index (χ1n) is 8.34. The van der Waals surface area contributed by atoms with E-state index < -0.39 is 0 Å². The molecule has 0 radical (unpaired) electrons. The van der Waals surface area contributed by atoms with E-state index in [2.05, 4.69) is 35.1 Å². The fourth-order valence-corrected chi connectivity index (χ4v) is 2.78. The minimum absolute atomic E-state index is 0.134.